The molecule has 2 aromatic carbocycles. The third-order valence-electron chi connectivity index (χ3n) is 5.65. The lowest BCUT2D eigenvalue weighted by atomic mass is 10.0. The number of halogens is 1. The number of aromatic nitrogens is 2. The predicted octanol–water partition coefficient (Wildman–Crippen LogP) is 3.49. The van der Waals surface area contributed by atoms with Crippen molar-refractivity contribution in [3.05, 3.63) is 60.7 Å². The summed E-state index contributed by atoms with van der Waals surface area (Å²) in [5.74, 6) is -0.442. The number of ether oxygens (including phenoxy) is 1. The van der Waals surface area contributed by atoms with Gasteiger partial charge in [-0.2, -0.15) is 5.10 Å². The van der Waals surface area contributed by atoms with Crippen molar-refractivity contribution in [3.8, 4) is 16.9 Å². The number of amides is 2. The molecule has 4 rings (SSSR count). The number of benzene rings is 2. The first-order valence-corrected chi connectivity index (χ1v) is 13.0. The van der Waals surface area contributed by atoms with E-state index in [1.165, 1.54) is 42.3 Å². The van der Waals surface area contributed by atoms with E-state index < -0.39 is 21.7 Å². The second kappa shape index (κ2) is 9.49. The molecular formula is C24H25FN4O5S. The van der Waals surface area contributed by atoms with Crippen LogP contribution in [0.25, 0.3) is 11.1 Å². The maximum absolute atomic E-state index is 13.2. The van der Waals surface area contributed by atoms with E-state index in [9.17, 15) is 22.4 Å². The van der Waals surface area contributed by atoms with Crippen molar-refractivity contribution in [2.75, 3.05) is 28.4 Å². The molecule has 2 heterocycles. The number of fused-ring (bicyclic) bond motifs is 1. The molecule has 0 saturated carbocycles. The van der Waals surface area contributed by atoms with Crippen LogP contribution in [0.5, 0.6) is 5.75 Å². The van der Waals surface area contributed by atoms with Gasteiger partial charge in [-0.05, 0) is 48.9 Å². The van der Waals surface area contributed by atoms with Gasteiger partial charge in [-0.3, -0.25) is 14.4 Å². The van der Waals surface area contributed by atoms with Gasteiger partial charge >= 0.3 is 6.09 Å². The molecule has 0 bridgehead atoms. The molecule has 0 N–H and O–H groups in total. The Morgan fingerprint density at radius 1 is 1.11 bits per heavy atom. The van der Waals surface area contributed by atoms with Crippen molar-refractivity contribution in [1.29, 1.82) is 0 Å². The molecule has 35 heavy (non-hydrogen) atoms. The van der Waals surface area contributed by atoms with E-state index in [0.29, 0.717) is 11.4 Å². The molecule has 184 valence electrons. The number of nitrogens with zero attached hydrogens (tertiary/aromatic N) is 4. The van der Waals surface area contributed by atoms with Crippen molar-refractivity contribution in [3.63, 3.8) is 0 Å². The Morgan fingerprint density at radius 3 is 2.49 bits per heavy atom. The molecule has 0 radical (unpaired) electrons. The zero-order valence-corrected chi connectivity index (χ0v) is 20.3. The highest BCUT2D eigenvalue weighted by Crippen LogP contribution is 2.39. The number of hydrogen-bond acceptors (Lipinski definition) is 6. The quantitative estimate of drug-likeness (QED) is 0.532. The van der Waals surface area contributed by atoms with Crippen LogP contribution in [-0.4, -0.2) is 54.8 Å². The summed E-state index contributed by atoms with van der Waals surface area (Å²) in [6.07, 6.45) is 3.85. The van der Waals surface area contributed by atoms with Crippen LogP contribution in [0.4, 0.5) is 20.6 Å². The molecule has 0 spiro atoms. The van der Waals surface area contributed by atoms with Gasteiger partial charge in [0.1, 0.15) is 21.4 Å². The molecule has 3 aromatic rings. The van der Waals surface area contributed by atoms with Crippen LogP contribution in [-0.2, 0) is 21.2 Å². The first kappa shape index (κ1) is 24.4. The average molecular weight is 501 g/mol. The average Bonchev–Trinajstić information content (AvgIpc) is 3.27. The highest BCUT2D eigenvalue weighted by Gasteiger charge is 2.35. The van der Waals surface area contributed by atoms with E-state index in [1.54, 1.807) is 34.1 Å². The van der Waals surface area contributed by atoms with Crippen molar-refractivity contribution >= 4 is 33.2 Å². The van der Waals surface area contributed by atoms with Crippen LogP contribution < -0.4 is 14.5 Å². The second-order valence-electron chi connectivity index (χ2n) is 8.50. The molecule has 1 unspecified atom stereocenters. The summed E-state index contributed by atoms with van der Waals surface area (Å²) < 4.78 is 43.2. The molecule has 2 amide bonds. The van der Waals surface area contributed by atoms with Gasteiger partial charge in [-0.15, -0.1) is 0 Å². The third kappa shape index (κ3) is 5.51. The summed E-state index contributed by atoms with van der Waals surface area (Å²) in [5.41, 5.74) is 2.49. The fraction of sp³-hybridized carbons (Fsp3) is 0.292. The predicted molar refractivity (Wildman–Crippen MR) is 130 cm³/mol. The molecule has 1 atom stereocenters. The topological polar surface area (TPSA) is 102 Å². The van der Waals surface area contributed by atoms with Gasteiger partial charge in [0.25, 0.3) is 0 Å². The third-order valence-corrected chi connectivity index (χ3v) is 6.57. The number of anilines is 2. The van der Waals surface area contributed by atoms with Gasteiger partial charge in [0.2, 0.25) is 5.91 Å². The molecule has 0 fully saturated rings. The zero-order chi connectivity index (χ0) is 25.3. The molecule has 0 aliphatic carbocycles. The van der Waals surface area contributed by atoms with E-state index in [1.807, 2.05) is 13.0 Å². The monoisotopic (exact) mass is 500 g/mol. The minimum atomic E-state index is -3.13. The molecule has 0 saturated heterocycles. The van der Waals surface area contributed by atoms with Crippen molar-refractivity contribution in [2.45, 2.75) is 26.4 Å². The molecule has 1 aliphatic heterocycles. The summed E-state index contributed by atoms with van der Waals surface area (Å²) in [5, 5.41) is 4.23. The van der Waals surface area contributed by atoms with E-state index in [0.717, 1.165) is 11.1 Å². The number of aryl methyl sites for hydroxylation is 1. The first-order chi connectivity index (χ1) is 16.5. The van der Waals surface area contributed by atoms with Crippen LogP contribution >= 0.6 is 0 Å². The number of carbonyl (C=O) groups excluding carboxylic acids is 2. The highest BCUT2D eigenvalue weighted by atomic mass is 32.2. The molecular weight excluding hydrogens is 475 g/mol. The molecule has 1 aromatic heterocycles. The lowest BCUT2D eigenvalue weighted by Crippen LogP contribution is -2.52. The zero-order valence-electron chi connectivity index (χ0n) is 19.5. The summed E-state index contributed by atoms with van der Waals surface area (Å²) in [6, 6.07) is 10.2. The maximum atomic E-state index is 13.2. The van der Waals surface area contributed by atoms with E-state index >= 15 is 0 Å². The number of carbonyl (C=O) groups is 2. The van der Waals surface area contributed by atoms with Gasteiger partial charge in [0, 0.05) is 31.5 Å². The number of rotatable bonds is 5. The lowest BCUT2D eigenvalue weighted by molar-refractivity contribution is -0.117. The number of hydrogen-bond donors (Lipinski definition) is 0. The SMILES string of the molecule is CC(=O)N1c2ccc(-c3cnn(CCS(C)(=O)=O)c3)cc2N(C(=O)Oc2ccc(F)cc2)CC1C. The fourth-order valence-corrected chi connectivity index (χ4v) is 4.53. The van der Waals surface area contributed by atoms with Crippen molar-refractivity contribution < 1.29 is 27.1 Å². The van der Waals surface area contributed by atoms with Crippen LogP contribution in [0.1, 0.15) is 13.8 Å². The fourth-order valence-electron chi connectivity index (χ4n) is 4.01. The Kier molecular flexibility index (Phi) is 6.62. The Morgan fingerprint density at radius 2 is 1.83 bits per heavy atom. The van der Waals surface area contributed by atoms with E-state index in [-0.39, 0.29) is 36.5 Å². The molecule has 9 nitrogen and oxygen atoms in total. The van der Waals surface area contributed by atoms with E-state index in [4.69, 9.17) is 4.74 Å². The van der Waals surface area contributed by atoms with Gasteiger partial charge in [0.05, 0.1) is 35.9 Å². The summed E-state index contributed by atoms with van der Waals surface area (Å²) in [4.78, 5) is 28.5. The van der Waals surface area contributed by atoms with Gasteiger partial charge in [-0.1, -0.05) is 6.07 Å². The summed E-state index contributed by atoms with van der Waals surface area (Å²) >= 11 is 0. The Labute approximate surface area is 202 Å². The summed E-state index contributed by atoms with van der Waals surface area (Å²) in [7, 11) is -3.13. The second-order valence-corrected chi connectivity index (χ2v) is 10.8. The Bertz CT molecular complexity index is 1370. The minimum Gasteiger partial charge on any atom is -0.410 e. The molecule has 11 heteroatoms. The van der Waals surface area contributed by atoms with E-state index in [2.05, 4.69) is 5.10 Å². The van der Waals surface area contributed by atoms with Gasteiger partial charge in [-0.25, -0.2) is 17.6 Å². The highest BCUT2D eigenvalue weighted by molar-refractivity contribution is 7.90. The van der Waals surface area contributed by atoms with Crippen LogP contribution in [0.3, 0.4) is 0 Å². The summed E-state index contributed by atoms with van der Waals surface area (Å²) in [6.45, 7) is 3.72. The van der Waals surface area contributed by atoms with Crippen molar-refractivity contribution in [2.24, 2.45) is 0 Å². The van der Waals surface area contributed by atoms with Crippen LogP contribution in [0, 0.1) is 5.82 Å². The van der Waals surface area contributed by atoms with Gasteiger partial charge in [0.15, 0.2) is 0 Å². The molecule has 1 aliphatic rings. The van der Waals surface area contributed by atoms with Crippen molar-refractivity contribution in [1.82, 2.24) is 9.78 Å². The van der Waals surface area contributed by atoms with Crippen LogP contribution in [0.15, 0.2) is 54.9 Å². The Hall–Kier alpha value is -3.73. The lowest BCUT2D eigenvalue weighted by Gasteiger charge is -2.40. The maximum Gasteiger partial charge on any atom is 0.419 e. The first-order valence-electron chi connectivity index (χ1n) is 10.9. The van der Waals surface area contributed by atoms with Gasteiger partial charge < -0.3 is 9.64 Å². The van der Waals surface area contributed by atoms with Crippen LogP contribution in [0.2, 0.25) is 0 Å². The minimum absolute atomic E-state index is 0.0349. The normalized spacial score (nSPS) is 15.6. The Balaban J connectivity index is 1.68. The largest absolute Gasteiger partial charge is 0.419 e. The number of sulfone groups is 1. The standard InChI is InChI=1S/C24H25FN4O5S/c1-16-14-28(24(31)34-21-7-5-20(25)6-8-21)23-12-18(4-9-22(23)29(16)17(2)30)19-13-26-27(15-19)10-11-35(3,32)33/h4-9,12-13,15-16H,10-11,14H2,1-3H3. The smallest absolute Gasteiger partial charge is 0.410 e.